The number of carbonyl (C=O) groups is 1. The highest BCUT2D eigenvalue weighted by molar-refractivity contribution is 6.32. The number of hydrogen-bond donors (Lipinski definition) is 1. The molecular formula is C19H16ClN3O3. The van der Waals surface area contributed by atoms with E-state index in [4.69, 9.17) is 16.3 Å². The average Bonchev–Trinajstić information content (AvgIpc) is 2.68. The highest BCUT2D eigenvalue weighted by atomic mass is 35.5. The predicted octanol–water partition coefficient (Wildman–Crippen LogP) is 4.24. The highest BCUT2D eigenvalue weighted by Gasteiger charge is 2.08. The van der Waals surface area contributed by atoms with Crippen LogP contribution in [0.1, 0.15) is 15.9 Å². The molecule has 0 saturated heterocycles. The van der Waals surface area contributed by atoms with Gasteiger partial charge in [-0.05, 0) is 23.8 Å². The van der Waals surface area contributed by atoms with Gasteiger partial charge < -0.3 is 14.8 Å². The van der Waals surface area contributed by atoms with Gasteiger partial charge in [-0.3, -0.25) is 0 Å². The molecule has 1 N–H and O–H groups in total. The standard InChI is InChI=1S/C19H16ClN3O3/c1-25-18(24)14-10-21-19(22-11-14)23-15-7-8-17(16(20)9-15)26-12-13-5-3-2-4-6-13/h2-11H,12H2,1H3,(H,21,22,23). The number of carbonyl (C=O) groups excluding carboxylic acids is 1. The van der Waals surface area contributed by atoms with Crippen LogP contribution in [0, 0.1) is 0 Å². The van der Waals surface area contributed by atoms with Crippen molar-refractivity contribution >= 4 is 29.2 Å². The van der Waals surface area contributed by atoms with E-state index in [1.165, 1.54) is 19.5 Å². The number of anilines is 2. The normalized spacial score (nSPS) is 10.2. The summed E-state index contributed by atoms with van der Waals surface area (Å²) in [5.41, 5.74) is 2.04. The van der Waals surface area contributed by atoms with Crippen LogP contribution in [0.2, 0.25) is 5.02 Å². The first-order chi connectivity index (χ1) is 12.7. The molecule has 0 unspecified atom stereocenters. The molecule has 0 bridgehead atoms. The van der Waals surface area contributed by atoms with Crippen LogP contribution in [0.3, 0.4) is 0 Å². The maximum atomic E-state index is 11.4. The van der Waals surface area contributed by atoms with Crippen LogP contribution in [-0.4, -0.2) is 23.0 Å². The summed E-state index contributed by atoms with van der Waals surface area (Å²) >= 11 is 6.28. The van der Waals surface area contributed by atoms with E-state index in [-0.39, 0.29) is 5.56 Å². The van der Waals surface area contributed by atoms with Crippen LogP contribution in [0.15, 0.2) is 60.9 Å². The molecule has 0 amide bonds. The summed E-state index contributed by atoms with van der Waals surface area (Å²) in [7, 11) is 1.30. The highest BCUT2D eigenvalue weighted by Crippen LogP contribution is 2.29. The third-order valence-corrected chi connectivity index (χ3v) is 3.79. The topological polar surface area (TPSA) is 73.3 Å². The number of benzene rings is 2. The Labute approximate surface area is 155 Å². The first-order valence-corrected chi connectivity index (χ1v) is 8.17. The lowest BCUT2D eigenvalue weighted by molar-refractivity contribution is 0.0600. The van der Waals surface area contributed by atoms with Gasteiger partial charge in [0.25, 0.3) is 0 Å². The zero-order valence-electron chi connectivity index (χ0n) is 14.0. The molecule has 1 heterocycles. The molecule has 0 aliphatic carbocycles. The molecule has 2 aromatic carbocycles. The second-order valence-corrected chi connectivity index (χ2v) is 5.74. The largest absolute Gasteiger partial charge is 0.487 e. The van der Waals surface area contributed by atoms with Gasteiger partial charge in [0, 0.05) is 18.1 Å². The van der Waals surface area contributed by atoms with Gasteiger partial charge in [-0.1, -0.05) is 41.9 Å². The second kappa shape index (κ2) is 8.31. The summed E-state index contributed by atoms with van der Waals surface area (Å²) in [5.74, 6) is 0.439. The van der Waals surface area contributed by atoms with E-state index in [9.17, 15) is 4.79 Å². The number of esters is 1. The summed E-state index contributed by atoms with van der Waals surface area (Å²) in [6.45, 7) is 0.436. The quantitative estimate of drug-likeness (QED) is 0.655. The smallest absolute Gasteiger partial charge is 0.341 e. The first kappa shape index (κ1) is 17.7. The lowest BCUT2D eigenvalue weighted by Crippen LogP contribution is -2.04. The molecule has 0 fully saturated rings. The van der Waals surface area contributed by atoms with Gasteiger partial charge >= 0.3 is 5.97 Å². The minimum atomic E-state index is -0.487. The molecule has 0 aliphatic rings. The van der Waals surface area contributed by atoms with Crippen molar-refractivity contribution in [1.82, 2.24) is 9.97 Å². The number of nitrogens with zero attached hydrogens (tertiary/aromatic N) is 2. The van der Waals surface area contributed by atoms with Crippen molar-refractivity contribution in [2.75, 3.05) is 12.4 Å². The van der Waals surface area contributed by atoms with Gasteiger partial charge in [0.15, 0.2) is 0 Å². The lowest BCUT2D eigenvalue weighted by Gasteiger charge is -2.10. The van der Waals surface area contributed by atoms with E-state index < -0.39 is 5.97 Å². The third-order valence-electron chi connectivity index (χ3n) is 3.50. The first-order valence-electron chi connectivity index (χ1n) is 7.79. The zero-order chi connectivity index (χ0) is 18.4. The van der Waals surface area contributed by atoms with Gasteiger partial charge in [-0.15, -0.1) is 0 Å². The summed E-state index contributed by atoms with van der Waals surface area (Å²) in [6, 6.07) is 15.1. The van der Waals surface area contributed by atoms with Crippen LogP contribution < -0.4 is 10.1 Å². The Balaban J connectivity index is 1.64. The minimum absolute atomic E-state index is 0.278. The van der Waals surface area contributed by atoms with E-state index in [2.05, 4.69) is 20.0 Å². The van der Waals surface area contributed by atoms with Gasteiger partial charge in [-0.2, -0.15) is 0 Å². The average molecular weight is 370 g/mol. The van der Waals surface area contributed by atoms with E-state index in [1.54, 1.807) is 12.1 Å². The van der Waals surface area contributed by atoms with Crippen LogP contribution in [0.5, 0.6) is 5.75 Å². The summed E-state index contributed by atoms with van der Waals surface area (Å²) in [4.78, 5) is 19.5. The Bertz CT molecular complexity index is 886. The Hall–Kier alpha value is -3.12. The van der Waals surface area contributed by atoms with E-state index >= 15 is 0 Å². The number of ether oxygens (including phenoxy) is 2. The van der Waals surface area contributed by atoms with Crippen LogP contribution in [0.4, 0.5) is 11.6 Å². The van der Waals surface area contributed by atoms with Gasteiger partial charge in [0.2, 0.25) is 5.95 Å². The molecule has 7 heteroatoms. The molecule has 3 aromatic rings. The van der Waals surface area contributed by atoms with Crippen molar-refractivity contribution in [3.05, 3.63) is 77.1 Å². The summed E-state index contributed by atoms with van der Waals surface area (Å²) in [5, 5.41) is 3.49. The molecule has 0 saturated carbocycles. The maximum absolute atomic E-state index is 11.4. The Kier molecular flexibility index (Phi) is 5.66. The number of halogens is 1. The Morgan fingerprint density at radius 3 is 2.50 bits per heavy atom. The molecule has 0 radical (unpaired) electrons. The Morgan fingerprint density at radius 1 is 1.12 bits per heavy atom. The second-order valence-electron chi connectivity index (χ2n) is 5.33. The zero-order valence-corrected chi connectivity index (χ0v) is 14.7. The molecule has 26 heavy (non-hydrogen) atoms. The number of methoxy groups -OCH3 is 1. The fourth-order valence-corrected chi connectivity index (χ4v) is 2.41. The molecule has 132 valence electrons. The monoisotopic (exact) mass is 369 g/mol. The number of aromatic nitrogens is 2. The fraction of sp³-hybridized carbons (Fsp3) is 0.105. The van der Waals surface area contributed by atoms with Crippen molar-refractivity contribution in [2.24, 2.45) is 0 Å². The van der Waals surface area contributed by atoms with E-state index in [0.717, 1.165) is 5.56 Å². The SMILES string of the molecule is COC(=O)c1cnc(Nc2ccc(OCc3ccccc3)c(Cl)c2)nc1. The molecular weight excluding hydrogens is 354 g/mol. The number of hydrogen-bond acceptors (Lipinski definition) is 6. The number of nitrogens with one attached hydrogen (secondary N) is 1. The van der Waals surface area contributed by atoms with E-state index in [1.807, 2.05) is 36.4 Å². The maximum Gasteiger partial charge on any atom is 0.341 e. The van der Waals surface area contributed by atoms with Crippen molar-refractivity contribution in [2.45, 2.75) is 6.61 Å². The number of rotatable bonds is 6. The fourth-order valence-electron chi connectivity index (χ4n) is 2.18. The van der Waals surface area contributed by atoms with Crippen LogP contribution in [-0.2, 0) is 11.3 Å². The Morgan fingerprint density at radius 2 is 1.85 bits per heavy atom. The molecule has 3 rings (SSSR count). The molecule has 0 atom stereocenters. The van der Waals surface area contributed by atoms with Crippen LogP contribution in [0.25, 0.3) is 0 Å². The van der Waals surface area contributed by atoms with Crippen molar-refractivity contribution < 1.29 is 14.3 Å². The van der Waals surface area contributed by atoms with E-state index in [0.29, 0.717) is 29.0 Å². The van der Waals surface area contributed by atoms with Crippen molar-refractivity contribution in [3.8, 4) is 5.75 Å². The molecule has 1 aromatic heterocycles. The van der Waals surface area contributed by atoms with Crippen LogP contribution >= 0.6 is 11.6 Å². The third kappa shape index (κ3) is 4.49. The van der Waals surface area contributed by atoms with Crippen molar-refractivity contribution in [3.63, 3.8) is 0 Å². The lowest BCUT2D eigenvalue weighted by atomic mass is 10.2. The minimum Gasteiger partial charge on any atom is -0.487 e. The van der Waals surface area contributed by atoms with Gasteiger partial charge in [0.05, 0.1) is 17.7 Å². The molecule has 6 nitrogen and oxygen atoms in total. The van der Waals surface area contributed by atoms with Gasteiger partial charge in [-0.25, -0.2) is 14.8 Å². The van der Waals surface area contributed by atoms with Gasteiger partial charge in [0.1, 0.15) is 12.4 Å². The summed E-state index contributed by atoms with van der Waals surface area (Å²) < 4.78 is 10.3. The molecule has 0 aliphatic heterocycles. The predicted molar refractivity (Wildman–Crippen MR) is 98.9 cm³/mol. The van der Waals surface area contributed by atoms with Crippen molar-refractivity contribution in [1.29, 1.82) is 0 Å². The molecule has 0 spiro atoms. The summed E-state index contributed by atoms with van der Waals surface area (Å²) in [6.07, 6.45) is 2.78.